The van der Waals surface area contributed by atoms with E-state index in [0.717, 1.165) is 44.9 Å². The van der Waals surface area contributed by atoms with Gasteiger partial charge in [0.15, 0.2) is 6.29 Å². The first-order valence-electron chi connectivity index (χ1n) is 12.1. The van der Waals surface area contributed by atoms with Crippen molar-refractivity contribution in [1.82, 2.24) is 0 Å². The third-order valence-electron chi connectivity index (χ3n) is 6.36. The monoisotopic (exact) mass is 412 g/mol. The summed E-state index contributed by atoms with van der Waals surface area (Å²) in [6.07, 6.45) is 14.2. The van der Waals surface area contributed by atoms with Crippen LogP contribution in [0.5, 0.6) is 0 Å². The number of carbonyl (C=O) groups excluding carboxylic acids is 1. The number of carbonyl (C=O) groups is 2. The molecule has 0 amide bonds. The largest absolute Gasteiger partial charge is 0.481 e. The summed E-state index contributed by atoms with van der Waals surface area (Å²) in [4.78, 5) is 23.6. The summed E-state index contributed by atoms with van der Waals surface area (Å²) < 4.78 is 5.18. The predicted octanol–water partition coefficient (Wildman–Crippen LogP) is 5.73. The van der Waals surface area contributed by atoms with Crippen LogP contribution >= 0.6 is 0 Å². The van der Waals surface area contributed by atoms with E-state index in [1.165, 1.54) is 44.9 Å². The molecule has 2 unspecified atom stereocenters. The molecule has 0 aromatic rings. The molecular weight excluding hydrogens is 368 g/mol. The molecule has 1 saturated carbocycles. The lowest BCUT2D eigenvalue weighted by Crippen LogP contribution is -2.30. The number of hydrogen-bond acceptors (Lipinski definition) is 4. The van der Waals surface area contributed by atoms with Crippen molar-refractivity contribution in [2.24, 2.45) is 17.8 Å². The number of aliphatic hydroxyl groups is 1. The number of hydrogen-bond donors (Lipinski definition) is 2. The minimum Gasteiger partial charge on any atom is -0.481 e. The number of rotatable bonds is 18. The highest BCUT2D eigenvalue weighted by Gasteiger charge is 2.33. The molecule has 0 spiro atoms. The van der Waals surface area contributed by atoms with Crippen LogP contribution in [0.15, 0.2) is 0 Å². The number of ether oxygens (including phenoxy) is 1. The van der Waals surface area contributed by atoms with Crippen LogP contribution in [0.3, 0.4) is 0 Å². The minimum absolute atomic E-state index is 0.222. The van der Waals surface area contributed by atoms with Crippen LogP contribution in [0.2, 0.25) is 0 Å². The number of carboxylic acid groups (broad SMARTS) is 1. The van der Waals surface area contributed by atoms with Crippen molar-refractivity contribution in [3.05, 3.63) is 0 Å². The zero-order valence-electron chi connectivity index (χ0n) is 18.7. The van der Waals surface area contributed by atoms with Crippen LogP contribution in [-0.4, -0.2) is 34.9 Å². The van der Waals surface area contributed by atoms with E-state index in [4.69, 9.17) is 4.74 Å². The summed E-state index contributed by atoms with van der Waals surface area (Å²) in [5.74, 6) is -0.648. The van der Waals surface area contributed by atoms with Gasteiger partial charge in [0.05, 0.1) is 0 Å². The fourth-order valence-corrected chi connectivity index (χ4v) is 4.55. The molecule has 0 aromatic carbocycles. The third kappa shape index (κ3) is 10.6. The zero-order valence-corrected chi connectivity index (χ0v) is 18.7. The summed E-state index contributed by atoms with van der Waals surface area (Å²) >= 11 is 0. The standard InChI is InChI=1S/C24H44O5/c1-3-5-6-7-8-10-13-19-16-17-22(25)20(19)14-11-9-12-15-21(23(26)27)24(28)29-18-4-2/h19-21,24,28H,3-18H2,1-2H3,(H,26,27)/t19-,20+,21?,24?/m0/s1. The van der Waals surface area contributed by atoms with E-state index < -0.39 is 18.2 Å². The Labute approximate surface area is 177 Å². The first-order chi connectivity index (χ1) is 14.0. The molecule has 2 N–H and O–H groups in total. The van der Waals surface area contributed by atoms with E-state index in [2.05, 4.69) is 6.92 Å². The molecule has 170 valence electrons. The average Bonchev–Trinajstić information content (AvgIpc) is 3.04. The Morgan fingerprint density at radius 1 is 1.00 bits per heavy atom. The Bertz CT molecular complexity index is 451. The van der Waals surface area contributed by atoms with Crippen molar-refractivity contribution in [3.63, 3.8) is 0 Å². The van der Waals surface area contributed by atoms with E-state index in [0.29, 0.717) is 24.7 Å². The molecule has 0 bridgehead atoms. The van der Waals surface area contributed by atoms with Gasteiger partial charge in [-0.25, -0.2) is 0 Å². The van der Waals surface area contributed by atoms with Crippen LogP contribution < -0.4 is 0 Å². The second kappa shape index (κ2) is 15.8. The molecule has 1 aliphatic rings. The molecule has 4 atom stereocenters. The van der Waals surface area contributed by atoms with Crippen LogP contribution in [0, 0.1) is 17.8 Å². The van der Waals surface area contributed by atoms with Crippen LogP contribution in [0.1, 0.15) is 110 Å². The highest BCUT2D eigenvalue weighted by atomic mass is 16.6. The quantitative estimate of drug-likeness (QED) is 0.222. The second-order valence-corrected chi connectivity index (χ2v) is 8.77. The van der Waals surface area contributed by atoms with Crippen LogP contribution in [-0.2, 0) is 14.3 Å². The van der Waals surface area contributed by atoms with E-state index in [1.54, 1.807) is 0 Å². The highest BCUT2D eigenvalue weighted by molar-refractivity contribution is 5.83. The predicted molar refractivity (Wildman–Crippen MR) is 116 cm³/mol. The Morgan fingerprint density at radius 3 is 2.34 bits per heavy atom. The number of unbranched alkanes of at least 4 members (excludes halogenated alkanes) is 7. The van der Waals surface area contributed by atoms with Crippen molar-refractivity contribution >= 4 is 11.8 Å². The first kappa shape index (κ1) is 26.1. The molecule has 1 fully saturated rings. The van der Waals surface area contributed by atoms with Gasteiger partial charge in [0.1, 0.15) is 11.7 Å². The van der Waals surface area contributed by atoms with Crippen molar-refractivity contribution in [2.75, 3.05) is 6.61 Å². The summed E-state index contributed by atoms with van der Waals surface area (Å²) in [6.45, 7) is 4.53. The second-order valence-electron chi connectivity index (χ2n) is 8.77. The maximum Gasteiger partial charge on any atom is 0.311 e. The van der Waals surface area contributed by atoms with E-state index in [-0.39, 0.29) is 5.92 Å². The SMILES string of the molecule is CCCCCCCC[C@H]1CCC(=O)[C@@H]1CCCCCC(C(=O)O)C(O)OCCC. The van der Waals surface area contributed by atoms with Gasteiger partial charge in [0, 0.05) is 18.9 Å². The van der Waals surface area contributed by atoms with E-state index in [9.17, 15) is 19.8 Å². The van der Waals surface area contributed by atoms with Crippen LogP contribution in [0.25, 0.3) is 0 Å². The van der Waals surface area contributed by atoms with Gasteiger partial charge in [0.2, 0.25) is 0 Å². The fourth-order valence-electron chi connectivity index (χ4n) is 4.55. The van der Waals surface area contributed by atoms with Crippen molar-refractivity contribution < 1.29 is 24.5 Å². The number of ketones is 1. The number of aliphatic hydroxyl groups excluding tert-OH is 1. The normalized spacial score (nSPS) is 21.4. The number of Topliss-reactive ketones (excluding diaryl/α,β-unsaturated/α-hetero) is 1. The van der Waals surface area contributed by atoms with Gasteiger partial charge in [-0.3, -0.25) is 9.59 Å². The molecule has 0 aromatic heterocycles. The van der Waals surface area contributed by atoms with Crippen molar-refractivity contribution in [1.29, 1.82) is 0 Å². The third-order valence-corrected chi connectivity index (χ3v) is 6.36. The van der Waals surface area contributed by atoms with Gasteiger partial charge in [-0.2, -0.15) is 0 Å². The van der Waals surface area contributed by atoms with Gasteiger partial charge >= 0.3 is 5.97 Å². The molecule has 5 nitrogen and oxygen atoms in total. The summed E-state index contributed by atoms with van der Waals surface area (Å²) in [7, 11) is 0. The fraction of sp³-hybridized carbons (Fsp3) is 0.917. The summed E-state index contributed by atoms with van der Waals surface area (Å²) in [5.41, 5.74) is 0. The molecule has 0 saturated heterocycles. The Hall–Kier alpha value is -0.940. The Kier molecular flexibility index (Phi) is 14.3. The highest BCUT2D eigenvalue weighted by Crippen LogP contribution is 2.36. The van der Waals surface area contributed by atoms with Crippen molar-refractivity contribution in [2.45, 2.75) is 116 Å². The average molecular weight is 413 g/mol. The lowest BCUT2D eigenvalue weighted by Gasteiger charge is -2.20. The molecule has 1 aliphatic carbocycles. The lowest BCUT2D eigenvalue weighted by molar-refractivity contribution is -0.171. The molecule has 0 heterocycles. The molecule has 1 rings (SSSR count). The zero-order chi connectivity index (χ0) is 21.5. The smallest absolute Gasteiger partial charge is 0.311 e. The van der Waals surface area contributed by atoms with E-state index >= 15 is 0 Å². The minimum atomic E-state index is -1.23. The van der Waals surface area contributed by atoms with Gasteiger partial charge in [0.25, 0.3) is 0 Å². The summed E-state index contributed by atoms with van der Waals surface area (Å²) in [6, 6.07) is 0. The topological polar surface area (TPSA) is 83.8 Å². The Balaban J connectivity index is 2.24. The van der Waals surface area contributed by atoms with E-state index in [1.807, 2.05) is 6.92 Å². The lowest BCUT2D eigenvalue weighted by atomic mass is 9.86. The van der Waals surface area contributed by atoms with Gasteiger partial charge in [-0.1, -0.05) is 71.6 Å². The van der Waals surface area contributed by atoms with Crippen LogP contribution in [0.4, 0.5) is 0 Å². The molecule has 0 radical (unpaired) electrons. The summed E-state index contributed by atoms with van der Waals surface area (Å²) in [5, 5.41) is 19.2. The molecule has 5 heteroatoms. The maximum absolute atomic E-state index is 12.3. The molecule has 29 heavy (non-hydrogen) atoms. The molecular formula is C24H44O5. The van der Waals surface area contributed by atoms with Gasteiger partial charge < -0.3 is 14.9 Å². The van der Waals surface area contributed by atoms with Gasteiger partial charge in [-0.15, -0.1) is 0 Å². The number of aliphatic carboxylic acids is 1. The first-order valence-corrected chi connectivity index (χ1v) is 12.1. The Morgan fingerprint density at radius 2 is 1.66 bits per heavy atom. The van der Waals surface area contributed by atoms with Gasteiger partial charge in [-0.05, 0) is 38.0 Å². The van der Waals surface area contributed by atoms with Crippen molar-refractivity contribution in [3.8, 4) is 0 Å². The molecule has 0 aliphatic heterocycles. The maximum atomic E-state index is 12.3. The number of carboxylic acids is 1.